The van der Waals surface area contributed by atoms with E-state index in [0.717, 1.165) is 11.1 Å². The summed E-state index contributed by atoms with van der Waals surface area (Å²) in [7, 11) is 4.79. The Morgan fingerprint density at radius 2 is 1.96 bits per heavy atom. The molecule has 0 atom stereocenters. The molecule has 146 valence electrons. The van der Waals surface area contributed by atoms with Crippen LogP contribution < -0.4 is 14.8 Å². The van der Waals surface area contributed by atoms with Crippen molar-refractivity contribution in [3.05, 3.63) is 41.7 Å². The molecule has 1 amide bonds. The highest BCUT2D eigenvalue weighted by Gasteiger charge is 2.15. The van der Waals surface area contributed by atoms with Crippen molar-refractivity contribution in [2.75, 3.05) is 26.1 Å². The Kier molecular flexibility index (Phi) is 5.44. The third-order valence-electron chi connectivity index (χ3n) is 4.12. The van der Waals surface area contributed by atoms with Gasteiger partial charge in [0.25, 0.3) is 5.91 Å². The average Bonchev–Trinajstić information content (AvgIpc) is 2.99. The second kappa shape index (κ2) is 7.95. The second-order valence-electron chi connectivity index (χ2n) is 5.99. The molecule has 0 fully saturated rings. The summed E-state index contributed by atoms with van der Waals surface area (Å²) >= 11 is 0. The molecule has 28 heavy (non-hydrogen) atoms. The van der Waals surface area contributed by atoms with E-state index in [0.29, 0.717) is 22.8 Å². The first-order chi connectivity index (χ1) is 13.4. The van der Waals surface area contributed by atoms with Gasteiger partial charge in [0.05, 0.1) is 31.2 Å². The van der Waals surface area contributed by atoms with Crippen LogP contribution in [0.25, 0.3) is 11.0 Å². The number of methoxy groups -OCH3 is 2. The van der Waals surface area contributed by atoms with E-state index in [1.807, 2.05) is 6.92 Å². The van der Waals surface area contributed by atoms with Crippen LogP contribution in [0.3, 0.4) is 0 Å². The number of nitrogens with one attached hydrogen (secondary N) is 1. The third kappa shape index (κ3) is 3.88. The molecule has 0 bridgehead atoms. The Hall–Kier alpha value is -3.62. The van der Waals surface area contributed by atoms with Crippen LogP contribution in [0.1, 0.15) is 16.1 Å². The lowest BCUT2D eigenvalue weighted by molar-refractivity contribution is -0.119. The van der Waals surface area contributed by atoms with Crippen molar-refractivity contribution in [1.82, 2.24) is 14.8 Å². The summed E-state index contributed by atoms with van der Waals surface area (Å²) in [4.78, 5) is 28.6. The fourth-order valence-electron chi connectivity index (χ4n) is 2.72. The molecule has 3 rings (SSSR count). The number of hydrogen-bond donors (Lipinski definition) is 1. The minimum atomic E-state index is -0.644. The number of anilines is 1. The van der Waals surface area contributed by atoms with E-state index in [1.54, 1.807) is 36.0 Å². The van der Waals surface area contributed by atoms with Crippen LogP contribution in [-0.2, 0) is 16.6 Å². The molecule has 0 unspecified atom stereocenters. The molecule has 0 radical (unpaired) electrons. The van der Waals surface area contributed by atoms with Crippen LogP contribution in [0.15, 0.2) is 30.5 Å². The number of hydrogen-bond acceptors (Lipinski definition) is 7. The van der Waals surface area contributed by atoms with Crippen molar-refractivity contribution in [1.29, 1.82) is 0 Å². The number of pyridine rings is 1. The Morgan fingerprint density at radius 1 is 1.18 bits per heavy atom. The van der Waals surface area contributed by atoms with E-state index in [4.69, 9.17) is 14.2 Å². The van der Waals surface area contributed by atoms with Gasteiger partial charge in [0, 0.05) is 24.7 Å². The van der Waals surface area contributed by atoms with Gasteiger partial charge in [-0.25, -0.2) is 9.78 Å². The number of fused-ring (bicyclic) bond motifs is 1. The van der Waals surface area contributed by atoms with E-state index >= 15 is 0 Å². The molecule has 1 aromatic carbocycles. The minimum Gasteiger partial charge on any atom is -0.497 e. The van der Waals surface area contributed by atoms with Crippen LogP contribution in [0.2, 0.25) is 0 Å². The number of esters is 1. The highest BCUT2D eigenvalue weighted by atomic mass is 16.5. The smallest absolute Gasteiger partial charge is 0.340 e. The summed E-state index contributed by atoms with van der Waals surface area (Å²) in [6, 6.07) is 6.61. The predicted molar refractivity (Wildman–Crippen MR) is 102 cm³/mol. The molecular weight excluding hydrogens is 364 g/mol. The number of amides is 1. The number of nitrogens with zero attached hydrogens (tertiary/aromatic N) is 3. The Morgan fingerprint density at radius 3 is 2.68 bits per heavy atom. The number of benzene rings is 1. The van der Waals surface area contributed by atoms with Crippen molar-refractivity contribution in [3.63, 3.8) is 0 Å². The molecule has 9 nitrogen and oxygen atoms in total. The van der Waals surface area contributed by atoms with E-state index in [-0.39, 0.29) is 5.56 Å². The zero-order valence-corrected chi connectivity index (χ0v) is 16.0. The second-order valence-corrected chi connectivity index (χ2v) is 5.99. The number of ether oxygens (including phenoxy) is 3. The van der Waals surface area contributed by atoms with E-state index in [9.17, 15) is 9.59 Å². The Balaban J connectivity index is 1.64. The summed E-state index contributed by atoms with van der Waals surface area (Å²) < 4.78 is 17.1. The number of carbonyl (C=O) groups excluding carboxylic acids is 2. The summed E-state index contributed by atoms with van der Waals surface area (Å²) in [5, 5.41) is 7.65. The standard InChI is InChI=1S/C19H20N4O5/c1-11-14-7-12(9-20-18(14)23(2)22-11)19(25)28-10-17(24)21-15-6-5-13(26-3)8-16(15)27-4/h5-9H,10H2,1-4H3,(H,21,24). The summed E-state index contributed by atoms with van der Waals surface area (Å²) in [6.07, 6.45) is 1.40. The highest BCUT2D eigenvalue weighted by Crippen LogP contribution is 2.28. The molecule has 0 spiro atoms. The lowest BCUT2D eigenvalue weighted by Crippen LogP contribution is -2.21. The van der Waals surface area contributed by atoms with Gasteiger partial charge in [-0.1, -0.05) is 0 Å². The molecule has 1 N–H and O–H groups in total. The largest absolute Gasteiger partial charge is 0.497 e. The number of rotatable bonds is 6. The molecule has 2 heterocycles. The van der Waals surface area contributed by atoms with Gasteiger partial charge in [-0.05, 0) is 25.1 Å². The van der Waals surface area contributed by atoms with Crippen LogP contribution >= 0.6 is 0 Å². The van der Waals surface area contributed by atoms with Crippen LogP contribution in [-0.4, -0.2) is 47.5 Å². The normalized spacial score (nSPS) is 10.6. The maximum atomic E-state index is 12.3. The lowest BCUT2D eigenvalue weighted by Gasteiger charge is -2.11. The van der Waals surface area contributed by atoms with Crippen molar-refractivity contribution < 1.29 is 23.8 Å². The lowest BCUT2D eigenvalue weighted by atomic mass is 10.2. The van der Waals surface area contributed by atoms with E-state index < -0.39 is 18.5 Å². The molecule has 0 saturated carbocycles. The summed E-state index contributed by atoms with van der Waals surface area (Å²) in [5.41, 5.74) is 2.11. The monoisotopic (exact) mass is 384 g/mol. The van der Waals surface area contributed by atoms with Gasteiger partial charge in [-0.15, -0.1) is 0 Å². The molecule has 3 aromatic rings. The number of carbonyl (C=O) groups is 2. The highest BCUT2D eigenvalue weighted by molar-refractivity contribution is 5.97. The van der Waals surface area contributed by atoms with E-state index in [2.05, 4.69) is 15.4 Å². The van der Waals surface area contributed by atoms with Crippen molar-refractivity contribution in [2.24, 2.45) is 7.05 Å². The quantitative estimate of drug-likeness (QED) is 0.649. The first-order valence-corrected chi connectivity index (χ1v) is 8.41. The maximum absolute atomic E-state index is 12.3. The molecule has 2 aromatic heterocycles. The minimum absolute atomic E-state index is 0.249. The Labute approximate surface area is 161 Å². The first kappa shape index (κ1) is 19.2. The first-order valence-electron chi connectivity index (χ1n) is 8.41. The van der Waals surface area contributed by atoms with Gasteiger partial charge < -0.3 is 19.5 Å². The molecular formula is C19H20N4O5. The van der Waals surface area contributed by atoms with Crippen molar-refractivity contribution in [3.8, 4) is 11.5 Å². The van der Waals surface area contributed by atoms with Crippen molar-refractivity contribution >= 4 is 28.6 Å². The van der Waals surface area contributed by atoms with Gasteiger partial charge in [0.1, 0.15) is 11.5 Å². The van der Waals surface area contributed by atoms with Crippen LogP contribution in [0, 0.1) is 6.92 Å². The molecule has 0 saturated heterocycles. The summed E-state index contributed by atoms with van der Waals surface area (Å²) in [6.45, 7) is 1.38. The van der Waals surface area contributed by atoms with Crippen LogP contribution in [0.4, 0.5) is 5.69 Å². The molecule has 0 aliphatic rings. The van der Waals surface area contributed by atoms with E-state index in [1.165, 1.54) is 20.4 Å². The average molecular weight is 384 g/mol. The topological polar surface area (TPSA) is 105 Å². The zero-order valence-electron chi connectivity index (χ0n) is 16.0. The SMILES string of the molecule is COc1ccc(NC(=O)COC(=O)c2cnc3c(c2)c(C)nn3C)c(OC)c1. The van der Waals surface area contributed by atoms with Gasteiger partial charge in [-0.3, -0.25) is 9.48 Å². The predicted octanol–water partition coefficient (Wildman–Crippen LogP) is 2.09. The summed E-state index contributed by atoms with van der Waals surface area (Å²) in [5.74, 6) is -0.117. The van der Waals surface area contributed by atoms with Gasteiger partial charge >= 0.3 is 5.97 Å². The third-order valence-corrected chi connectivity index (χ3v) is 4.12. The molecule has 0 aliphatic heterocycles. The fraction of sp³-hybridized carbons (Fsp3) is 0.263. The molecule has 0 aliphatic carbocycles. The van der Waals surface area contributed by atoms with Gasteiger partial charge in [-0.2, -0.15) is 5.10 Å². The number of aryl methyl sites for hydroxylation is 2. The maximum Gasteiger partial charge on any atom is 0.340 e. The Bertz CT molecular complexity index is 1040. The van der Waals surface area contributed by atoms with Crippen LogP contribution in [0.5, 0.6) is 11.5 Å². The van der Waals surface area contributed by atoms with Crippen molar-refractivity contribution in [2.45, 2.75) is 6.92 Å². The molecule has 9 heteroatoms. The van der Waals surface area contributed by atoms with Gasteiger partial charge in [0.2, 0.25) is 0 Å². The van der Waals surface area contributed by atoms with Gasteiger partial charge in [0.15, 0.2) is 12.3 Å². The zero-order chi connectivity index (χ0) is 20.3. The fourth-order valence-corrected chi connectivity index (χ4v) is 2.72. The number of aromatic nitrogens is 3.